The maximum atomic E-state index is 13.4. The molecule has 0 radical (unpaired) electrons. The molecule has 1 aliphatic carbocycles. The number of urea groups is 1. The topological polar surface area (TPSA) is 61.9 Å². The second-order valence-electron chi connectivity index (χ2n) is 8.83. The molecular weight excluding hydrogens is 422 g/mol. The van der Waals surface area contributed by atoms with E-state index in [9.17, 15) is 9.59 Å². The van der Waals surface area contributed by atoms with Gasteiger partial charge in [-0.05, 0) is 67.7 Å². The van der Waals surface area contributed by atoms with Crippen molar-refractivity contribution >= 4 is 23.3 Å². The molecule has 0 spiro atoms. The molecule has 0 saturated heterocycles. The fraction of sp³-hybridized carbons (Fsp3) is 0.520. The van der Waals surface area contributed by atoms with Crippen LogP contribution in [0.15, 0.2) is 35.7 Å². The summed E-state index contributed by atoms with van der Waals surface area (Å²) in [5, 5.41) is 5.03. The van der Waals surface area contributed by atoms with Crippen LogP contribution >= 0.6 is 11.3 Å². The maximum absolute atomic E-state index is 13.4. The zero-order valence-electron chi connectivity index (χ0n) is 19.0. The minimum atomic E-state index is -0.139. The molecule has 1 saturated carbocycles. The molecule has 2 heterocycles. The first-order valence-electron chi connectivity index (χ1n) is 11.6. The van der Waals surface area contributed by atoms with E-state index in [0.29, 0.717) is 32.2 Å². The summed E-state index contributed by atoms with van der Waals surface area (Å²) in [6, 6.07) is 9.83. The van der Waals surface area contributed by atoms with Crippen LogP contribution in [0.2, 0.25) is 0 Å². The molecule has 172 valence electrons. The van der Waals surface area contributed by atoms with Gasteiger partial charge in [0.15, 0.2) is 0 Å². The molecule has 0 bridgehead atoms. The number of carbonyl (C=O) groups is 2. The van der Waals surface area contributed by atoms with Crippen LogP contribution in [0.3, 0.4) is 0 Å². The summed E-state index contributed by atoms with van der Waals surface area (Å²) in [5.41, 5.74) is 2.36. The van der Waals surface area contributed by atoms with Gasteiger partial charge in [0, 0.05) is 24.5 Å². The number of amides is 3. The number of nitrogens with zero attached hydrogens (tertiary/aromatic N) is 2. The summed E-state index contributed by atoms with van der Waals surface area (Å²) < 4.78 is 6.11. The van der Waals surface area contributed by atoms with Crippen molar-refractivity contribution in [2.75, 3.05) is 32.8 Å². The van der Waals surface area contributed by atoms with E-state index in [1.165, 1.54) is 16.0 Å². The van der Waals surface area contributed by atoms with Gasteiger partial charge in [-0.15, -0.1) is 11.3 Å². The van der Waals surface area contributed by atoms with Gasteiger partial charge >= 0.3 is 6.03 Å². The predicted octanol–water partition coefficient (Wildman–Crippen LogP) is 4.39. The summed E-state index contributed by atoms with van der Waals surface area (Å²) >= 11 is 1.74. The standard InChI is InChI=1S/C25H33N3O3S/c1-3-12-26-25(30)27(15-19-6-7-19)16-24(29)28-13-10-23-21(11-14-32-23)22(28)17-31-20-8-4-18(2)5-9-20/h4-5,8-9,11,14,19,22H,3,6-7,10,12-13,15-17H2,1-2H3,(H,26,30). The molecule has 32 heavy (non-hydrogen) atoms. The molecule has 2 aromatic rings. The number of thiophene rings is 1. The number of hydrogen-bond donors (Lipinski definition) is 1. The van der Waals surface area contributed by atoms with Crippen molar-refractivity contribution in [2.45, 2.75) is 45.6 Å². The quantitative estimate of drug-likeness (QED) is 0.610. The second kappa shape index (κ2) is 10.4. The van der Waals surface area contributed by atoms with Crippen molar-refractivity contribution in [2.24, 2.45) is 5.92 Å². The van der Waals surface area contributed by atoms with Crippen molar-refractivity contribution in [3.05, 3.63) is 51.7 Å². The van der Waals surface area contributed by atoms with E-state index >= 15 is 0 Å². The van der Waals surface area contributed by atoms with Crippen LogP contribution in [0.4, 0.5) is 4.79 Å². The first kappa shape index (κ1) is 22.6. The van der Waals surface area contributed by atoms with Crippen molar-refractivity contribution in [1.82, 2.24) is 15.1 Å². The Balaban J connectivity index is 1.46. The van der Waals surface area contributed by atoms with Crippen LogP contribution < -0.4 is 10.1 Å². The van der Waals surface area contributed by atoms with Crippen LogP contribution in [0.1, 0.15) is 48.2 Å². The number of nitrogens with one attached hydrogen (secondary N) is 1. The number of rotatable bonds is 9. The van der Waals surface area contributed by atoms with E-state index in [2.05, 4.69) is 16.8 Å². The van der Waals surface area contributed by atoms with E-state index in [-0.39, 0.29) is 24.5 Å². The van der Waals surface area contributed by atoms with E-state index in [4.69, 9.17) is 4.74 Å². The fourth-order valence-electron chi connectivity index (χ4n) is 4.11. The summed E-state index contributed by atoms with van der Waals surface area (Å²) in [5.74, 6) is 1.33. The number of benzene rings is 1. The molecule has 6 nitrogen and oxygen atoms in total. The van der Waals surface area contributed by atoms with Gasteiger partial charge in [0.2, 0.25) is 5.91 Å². The Hall–Kier alpha value is -2.54. The molecule has 1 aromatic heterocycles. The third-order valence-electron chi connectivity index (χ3n) is 6.16. The SMILES string of the molecule is CCCNC(=O)N(CC(=O)N1CCc2sccc2C1COc1ccc(C)cc1)CC1CC1. The number of hydrogen-bond acceptors (Lipinski definition) is 4. The summed E-state index contributed by atoms with van der Waals surface area (Å²) in [7, 11) is 0. The third-order valence-corrected chi connectivity index (χ3v) is 7.16. The minimum absolute atomic E-state index is 0.00773. The van der Waals surface area contributed by atoms with E-state index in [1.807, 2.05) is 43.0 Å². The Labute approximate surface area is 194 Å². The molecule has 1 fully saturated rings. The monoisotopic (exact) mass is 455 g/mol. The molecule has 2 aliphatic rings. The zero-order chi connectivity index (χ0) is 22.5. The van der Waals surface area contributed by atoms with Crippen molar-refractivity contribution in [1.29, 1.82) is 0 Å². The van der Waals surface area contributed by atoms with Crippen LogP contribution in [-0.4, -0.2) is 54.5 Å². The van der Waals surface area contributed by atoms with Gasteiger partial charge in [0.25, 0.3) is 0 Å². The first-order valence-corrected chi connectivity index (χ1v) is 12.5. The number of carbonyl (C=O) groups excluding carboxylic acids is 2. The third kappa shape index (κ3) is 5.63. The summed E-state index contributed by atoms with van der Waals surface area (Å²) in [4.78, 5) is 31.1. The van der Waals surface area contributed by atoms with Gasteiger partial charge in [-0.3, -0.25) is 4.79 Å². The highest BCUT2D eigenvalue weighted by molar-refractivity contribution is 7.10. The van der Waals surface area contributed by atoms with Gasteiger partial charge in [0.1, 0.15) is 18.9 Å². The van der Waals surface area contributed by atoms with Crippen molar-refractivity contribution in [3.63, 3.8) is 0 Å². The second-order valence-corrected chi connectivity index (χ2v) is 9.83. The Morgan fingerprint density at radius 1 is 1.22 bits per heavy atom. The first-order chi connectivity index (χ1) is 15.5. The molecule has 7 heteroatoms. The van der Waals surface area contributed by atoms with Gasteiger partial charge in [-0.1, -0.05) is 24.6 Å². The normalized spacial score (nSPS) is 17.6. The van der Waals surface area contributed by atoms with Gasteiger partial charge in [0.05, 0.1) is 6.04 Å². The Morgan fingerprint density at radius 2 is 2.00 bits per heavy atom. The highest BCUT2D eigenvalue weighted by Crippen LogP contribution is 2.34. The fourth-order valence-corrected chi connectivity index (χ4v) is 5.04. The lowest BCUT2D eigenvalue weighted by atomic mass is 10.0. The minimum Gasteiger partial charge on any atom is -0.491 e. The van der Waals surface area contributed by atoms with Crippen molar-refractivity contribution < 1.29 is 14.3 Å². The Morgan fingerprint density at radius 3 is 2.72 bits per heavy atom. The van der Waals surface area contributed by atoms with Gasteiger partial charge in [-0.2, -0.15) is 0 Å². The lowest BCUT2D eigenvalue weighted by Gasteiger charge is -2.37. The van der Waals surface area contributed by atoms with E-state index < -0.39 is 0 Å². The zero-order valence-corrected chi connectivity index (χ0v) is 19.8. The molecule has 3 amide bonds. The van der Waals surface area contributed by atoms with Crippen LogP contribution in [-0.2, 0) is 11.2 Å². The van der Waals surface area contributed by atoms with Crippen LogP contribution in [0.25, 0.3) is 0 Å². The Kier molecular flexibility index (Phi) is 7.35. The number of fused-ring (bicyclic) bond motifs is 1. The van der Waals surface area contributed by atoms with Gasteiger partial charge in [-0.25, -0.2) is 4.79 Å². The molecule has 4 rings (SSSR count). The number of ether oxygens (including phenoxy) is 1. The molecule has 1 unspecified atom stereocenters. The number of aryl methyl sites for hydroxylation is 1. The largest absolute Gasteiger partial charge is 0.491 e. The molecule has 1 atom stereocenters. The smallest absolute Gasteiger partial charge is 0.317 e. The lowest BCUT2D eigenvalue weighted by Crippen LogP contribution is -2.50. The molecule has 1 aliphatic heterocycles. The highest BCUT2D eigenvalue weighted by atomic mass is 32.1. The molecular formula is C25H33N3O3S. The summed E-state index contributed by atoms with van der Waals surface area (Å²) in [6.45, 7) is 6.54. The van der Waals surface area contributed by atoms with Crippen LogP contribution in [0.5, 0.6) is 5.75 Å². The molecule has 1 N–H and O–H groups in total. The average molecular weight is 456 g/mol. The van der Waals surface area contributed by atoms with Crippen LogP contribution in [0, 0.1) is 12.8 Å². The highest BCUT2D eigenvalue weighted by Gasteiger charge is 2.35. The average Bonchev–Trinajstić information content (AvgIpc) is 3.48. The Bertz CT molecular complexity index is 923. The lowest BCUT2D eigenvalue weighted by molar-refractivity contribution is -0.135. The predicted molar refractivity (Wildman–Crippen MR) is 127 cm³/mol. The van der Waals surface area contributed by atoms with E-state index in [1.54, 1.807) is 16.2 Å². The maximum Gasteiger partial charge on any atom is 0.317 e. The summed E-state index contributed by atoms with van der Waals surface area (Å²) in [6.07, 6.45) is 4.01. The molecule has 1 aromatic carbocycles. The van der Waals surface area contributed by atoms with Gasteiger partial charge < -0.3 is 19.9 Å². The van der Waals surface area contributed by atoms with Crippen molar-refractivity contribution in [3.8, 4) is 5.75 Å². The van der Waals surface area contributed by atoms with E-state index in [0.717, 1.165) is 31.4 Å².